The van der Waals surface area contributed by atoms with Gasteiger partial charge < -0.3 is 10.3 Å². The molecule has 0 saturated heterocycles. The molecule has 0 aliphatic heterocycles. The number of benzene rings is 1. The number of hydrogen-bond acceptors (Lipinski definition) is 1. The summed E-state index contributed by atoms with van der Waals surface area (Å²) < 4.78 is 2.27. The molecular formula is C14H19ClN2. The molecule has 17 heavy (non-hydrogen) atoms. The average molecular weight is 251 g/mol. The van der Waals surface area contributed by atoms with Crippen molar-refractivity contribution in [3.05, 3.63) is 34.5 Å². The highest BCUT2D eigenvalue weighted by Gasteiger charge is 2.16. The Hall–Kier alpha value is -0.990. The molecule has 1 aromatic heterocycles. The van der Waals surface area contributed by atoms with Crippen molar-refractivity contribution in [2.45, 2.75) is 26.2 Å². The molecule has 3 heteroatoms. The Morgan fingerprint density at radius 3 is 2.65 bits per heavy atom. The van der Waals surface area contributed by atoms with E-state index >= 15 is 0 Å². The highest BCUT2D eigenvalue weighted by molar-refractivity contribution is 6.31. The molecule has 0 amide bonds. The first-order valence-corrected chi connectivity index (χ1v) is 6.40. The van der Waals surface area contributed by atoms with Crippen LogP contribution in [0.2, 0.25) is 5.02 Å². The predicted molar refractivity (Wildman–Crippen MR) is 74.8 cm³/mol. The van der Waals surface area contributed by atoms with Crippen molar-refractivity contribution in [1.29, 1.82) is 0 Å². The van der Waals surface area contributed by atoms with Gasteiger partial charge in [-0.15, -0.1) is 0 Å². The second kappa shape index (κ2) is 4.71. The number of aromatic nitrogens is 1. The van der Waals surface area contributed by atoms with E-state index < -0.39 is 0 Å². The molecule has 2 aromatic rings. The van der Waals surface area contributed by atoms with Crippen molar-refractivity contribution in [2.24, 2.45) is 12.8 Å². The Labute approximate surface area is 107 Å². The second-order valence-corrected chi connectivity index (χ2v) is 5.21. The van der Waals surface area contributed by atoms with E-state index in [9.17, 15) is 0 Å². The fourth-order valence-electron chi connectivity index (χ4n) is 2.66. The minimum absolute atomic E-state index is 0.493. The Bertz CT molecular complexity index is 541. The highest BCUT2D eigenvalue weighted by Crippen LogP contribution is 2.32. The van der Waals surface area contributed by atoms with Crippen molar-refractivity contribution in [2.75, 3.05) is 6.54 Å². The van der Waals surface area contributed by atoms with E-state index in [1.54, 1.807) is 0 Å². The van der Waals surface area contributed by atoms with Crippen molar-refractivity contribution in [1.82, 2.24) is 4.57 Å². The Kier molecular flexibility index (Phi) is 3.45. The van der Waals surface area contributed by atoms with Crippen LogP contribution in [-0.2, 0) is 13.5 Å². The molecule has 2 nitrogen and oxygen atoms in total. The molecule has 0 saturated carbocycles. The van der Waals surface area contributed by atoms with E-state index in [4.69, 9.17) is 17.3 Å². The lowest BCUT2D eigenvalue weighted by molar-refractivity contribution is 0.737. The van der Waals surface area contributed by atoms with Gasteiger partial charge in [0.15, 0.2) is 0 Å². The maximum atomic E-state index is 6.09. The summed E-state index contributed by atoms with van der Waals surface area (Å²) in [6.45, 7) is 5.11. The zero-order valence-corrected chi connectivity index (χ0v) is 11.4. The summed E-state index contributed by atoms with van der Waals surface area (Å²) in [6.07, 6.45) is 0.908. The van der Waals surface area contributed by atoms with Gasteiger partial charge in [-0.05, 0) is 42.6 Å². The van der Waals surface area contributed by atoms with Crippen LogP contribution in [0, 0.1) is 0 Å². The van der Waals surface area contributed by atoms with Crippen LogP contribution in [0.5, 0.6) is 0 Å². The van der Waals surface area contributed by atoms with Crippen LogP contribution in [0.1, 0.15) is 31.0 Å². The quantitative estimate of drug-likeness (QED) is 0.889. The second-order valence-electron chi connectivity index (χ2n) is 4.78. The smallest absolute Gasteiger partial charge is 0.0483 e. The standard InChI is InChI=1S/C14H19ClN2/c1-9(2)14-11(6-7-16)12-8-10(15)4-5-13(12)17(14)3/h4-5,8-9H,6-7,16H2,1-3H3. The summed E-state index contributed by atoms with van der Waals surface area (Å²) in [6, 6.07) is 6.08. The van der Waals surface area contributed by atoms with E-state index in [1.807, 2.05) is 12.1 Å². The summed E-state index contributed by atoms with van der Waals surface area (Å²) in [7, 11) is 2.12. The van der Waals surface area contributed by atoms with E-state index in [0.717, 1.165) is 11.4 Å². The van der Waals surface area contributed by atoms with Gasteiger partial charge in [0.1, 0.15) is 0 Å². The zero-order chi connectivity index (χ0) is 12.6. The number of nitrogens with zero attached hydrogens (tertiary/aromatic N) is 1. The van der Waals surface area contributed by atoms with Crippen LogP contribution >= 0.6 is 11.6 Å². The summed E-state index contributed by atoms with van der Waals surface area (Å²) in [5.41, 5.74) is 9.68. The Balaban J connectivity index is 2.78. The molecule has 1 aromatic carbocycles. The van der Waals surface area contributed by atoms with Gasteiger partial charge in [-0.25, -0.2) is 0 Å². The molecule has 0 radical (unpaired) electrons. The van der Waals surface area contributed by atoms with Crippen molar-refractivity contribution >= 4 is 22.5 Å². The number of hydrogen-bond donors (Lipinski definition) is 1. The molecule has 2 rings (SSSR count). The van der Waals surface area contributed by atoms with Gasteiger partial charge in [-0.3, -0.25) is 0 Å². The predicted octanol–water partition coefficient (Wildman–Crippen LogP) is 3.46. The maximum absolute atomic E-state index is 6.09. The van der Waals surface area contributed by atoms with Crippen molar-refractivity contribution in [3.63, 3.8) is 0 Å². The molecule has 0 bridgehead atoms. The van der Waals surface area contributed by atoms with Gasteiger partial charge in [0.25, 0.3) is 0 Å². The van der Waals surface area contributed by atoms with Crippen LogP contribution in [-0.4, -0.2) is 11.1 Å². The topological polar surface area (TPSA) is 30.9 Å². The normalized spacial score (nSPS) is 11.6. The van der Waals surface area contributed by atoms with Crippen LogP contribution in [0.25, 0.3) is 10.9 Å². The van der Waals surface area contributed by atoms with Crippen LogP contribution in [0.3, 0.4) is 0 Å². The van der Waals surface area contributed by atoms with Gasteiger partial charge >= 0.3 is 0 Å². The number of aryl methyl sites for hydroxylation is 1. The fourth-order valence-corrected chi connectivity index (χ4v) is 2.83. The largest absolute Gasteiger partial charge is 0.347 e. The number of halogens is 1. The molecular weight excluding hydrogens is 232 g/mol. The molecule has 0 aliphatic carbocycles. The monoisotopic (exact) mass is 250 g/mol. The van der Waals surface area contributed by atoms with Crippen LogP contribution in [0.15, 0.2) is 18.2 Å². The first-order valence-electron chi connectivity index (χ1n) is 6.03. The third kappa shape index (κ3) is 2.07. The van der Waals surface area contributed by atoms with E-state index in [1.165, 1.54) is 22.2 Å². The van der Waals surface area contributed by atoms with Crippen LogP contribution < -0.4 is 5.73 Å². The first kappa shape index (κ1) is 12.5. The molecule has 0 fully saturated rings. The maximum Gasteiger partial charge on any atom is 0.0483 e. The Morgan fingerprint density at radius 2 is 2.06 bits per heavy atom. The van der Waals surface area contributed by atoms with Gasteiger partial charge in [0.05, 0.1) is 0 Å². The number of fused-ring (bicyclic) bond motifs is 1. The van der Waals surface area contributed by atoms with Gasteiger partial charge in [-0.1, -0.05) is 25.4 Å². The van der Waals surface area contributed by atoms with Crippen molar-refractivity contribution in [3.8, 4) is 0 Å². The fraction of sp³-hybridized carbons (Fsp3) is 0.429. The SMILES string of the molecule is CC(C)c1c(CCN)c2cc(Cl)ccc2n1C. The zero-order valence-electron chi connectivity index (χ0n) is 10.6. The van der Waals surface area contributed by atoms with Gasteiger partial charge in [-0.2, -0.15) is 0 Å². The summed E-state index contributed by atoms with van der Waals surface area (Å²) >= 11 is 6.09. The molecule has 2 N–H and O–H groups in total. The lowest BCUT2D eigenvalue weighted by atomic mass is 10.0. The summed E-state index contributed by atoms with van der Waals surface area (Å²) in [5.74, 6) is 0.493. The molecule has 0 atom stereocenters. The Morgan fingerprint density at radius 1 is 1.35 bits per heavy atom. The third-order valence-electron chi connectivity index (χ3n) is 3.26. The van der Waals surface area contributed by atoms with Crippen LogP contribution in [0.4, 0.5) is 0 Å². The highest BCUT2D eigenvalue weighted by atomic mass is 35.5. The van der Waals surface area contributed by atoms with E-state index in [2.05, 4.69) is 31.5 Å². The van der Waals surface area contributed by atoms with Gasteiger partial charge in [0.2, 0.25) is 0 Å². The average Bonchev–Trinajstić information content (AvgIpc) is 2.52. The van der Waals surface area contributed by atoms with Crippen molar-refractivity contribution < 1.29 is 0 Å². The minimum atomic E-state index is 0.493. The van der Waals surface area contributed by atoms with E-state index in [0.29, 0.717) is 12.5 Å². The molecule has 0 unspecified atom stereocenters. The minimum Gasteiger partial charge on any atom is -0.347 e. The molecule has 0 spiro atoms. The number of nitrogens with two attached hydrogens (primary N) is 1. The summed E-state index contributed by atoms with van der Waals surface area (Å²) in [4.78, 5) is 0. The molecule has 92 valence electrons. The van der Waals surface area contributed by atoms with Gasteiger partial charge in [0, 0.05) is 28.7 Å². The third-order valence-corrected chi connectivity index (χ3v) is 3.49. The summed E-state index contributed by atoms with van der Waals surface area (Å²) in [5, 5.41) is 2.03. The first-order chi connectivity index (χ1) is 8.06. The number of rotatable bonds is 3. The lowest BCUT2D eigenvalue weighted by Gasteiger charge is -2.10. The molecule has 1 heterocycles. The van der Waals surface area contributed by atoms with E-state index in [-0.39, 0.29) is 0 Å². The molecule has 0 aliphatic rings. The lowest BCUT2D eigenvalue weighted by Crippen LogP contribution is -2.07.